The van der Waals surface area contributed by atoms with Crippen LogP contribution in [0.1, 0.15) is 32.1 Å². The smallest absolute Gasteiger partial charge is 0.0447 e. The monoisotopic (exact) mass is 300 g/mol. The molecule has 3 heterocycles. The maximum atomic E-state index is 4.11. The van der Waals surface area contributed by atoms with Crippen LogP contribution in [0.25, 0.3) is 0 Å². The van der Waals surface area contributed by atoms with Gasteiger partial charge in [-0.05, 0) is 25.0 Å². The summed E-state index contributed by atoms with van der Waals surface area (Å²) in [7, 11) is 0. The third-order valence-electron chi connectivity index (χ3n) is 5.85. The highest BCUT2D eigenvalue weighted by atomic mass is 15.4. The maximum absolute atomic E-state index is 4.11. The molecule has 0 N–H and O–H groups in total. The fraction of sp³-hybridized carbons (Fsp3) is 0.722. The number of pyridine rings is 1. The third-order valence-corrected chi connectivity index (χ3v) is 5.85. The van der Waals surface area contributed by atoms with Gasteiger partial charge in [-0.15, -0.1) is 0 Å². The molecule has 4 rings (SSSR count). The molecule has 1 aromatic heterocycles. The van der Waals surface area contributed by atoms with Crippen molar-refractivity contribution in [2.45, 2.75) is 44.2 Å². The first kappa shape index (κ1) is 14.5. The van der Waals surface area contributed by atoms with Crippen molar-refractivity contribution in [1.82, 2.24) is 14.8 Å². The topological polar surface area (TPSA) is 22.6 Å². The highest BCUT2D eigenvalue weighted by Gasteiger charge is 2.34. The summed E-state index contributed by atoms with van der Waals surface area (Å²) >= 11 is 0. The number of hydrogen-bond acceptors (Lipinski definition) is 4. The van der Waals surface area contributed by atoms with Crippen molar-refractivity contribution in [3.8, 4) is 0 Å². The summed E-state index contributed by atoms with van der Waals surface area (Å²) < 4.78 is 0. The van der Waals surface area contributed by atoms with Gasteiger partial charge in [0.25, 0.3) is 0 Å². The summed E-state index contributed by atoms with van der Waals surface area (Å²) in [5.41, 5.74) is 1.33. The average molecular weight is 300 g/mol. The molecule has 0 aromatic carbocycles. The predicted molar refractivity (Wildman–Crippen MR) is 90.3 cm³/mol. The van der Waals surface area contributed by atoms with Gasteiger partial charge < -0.3 is 4.90 Å². The zero-order chi connectivity index (χ0) is 14.8. The van der Waals surface area contributed by atoms with Gasteiger partial charge >= 0.3 is 0 Å². The molecule has 22 heavy (non-hydrogen) atoms. The minimum Gasteiger partial charge on any atom is -0.368 e. The Bertz CT molecular complexity index is 457. The number of rotatable bonds is 3. The first-order valence-corrected chi connectivity index (χ1v) is 9.03. The number of anilines is 1. The molecule has 0 spiro atoms. The molecule has 0 amide bonds. The van der Waals surface area contributed by atoms with E-state index in [1.165, 1.54) is 77.1 Å². The van der Waals surface area contributed by atoms with Crippen LogP contribution in [0.2, 0.25) is 0 Å². The SMILES string of the molecule is c1cc(N2CC(N3CCN(C4CCCCC4)CC3)C2)ccn1. The Morgan fingerprint density at radius 3 is 2.00 bits per heavy atom. The highest BCUT2D eigenvalue weighted by molar-refractivity contribution is 5.47. The molecule has 0 radical (unpaired) electrons. The quantitative estimate of drug-likeness (QED) is 0.853. The molecule has 1 aromatic rings. The second-order valence-electron chi connectivity index (χ2n) is 7.13. The fourth-order valence-electron chi connectivity index (χ4n) is 4.37. The molecule has 0 unspecified atom stereocenters. The molecular weight excluding hydrogens is 272 g/mol. The Morgan fingerprint density at radius 1 is 0.773 bits per heavy atom. The maximum Gasteiger partial charge on any atom is 0.0447 e. The van der Waals surface area contributed by atoms with Gasteiger partial charge in [0.1, 0.15) is 0 Å². The van der Waals surface area contributed by atoms with Crippen molar-refractivity contribution in [1.29, 1.82) is 0 Å². The van der Waals surface area contributed by atoms with Gasteiger partial charge in [0.2, 0.25) is 0 Å². The van der Waals surface area contributed by atoms with Crippen LogP contribution in [-0.4, -0.2) is 66.1 Å². The summed E-state index contributed by atoms with van der Waals surface area (Å²) in [4.78, 5) is 12.1. The van der Waals surface area contributed by atoms with E-state index in [-0.39, 0.29) is 0 Å². The van der Waals surface area contributed by atoms with Crippen molar-refractivity contribution < 1.29 is 0 Å². The molecule has 0 atom stereocenters. The lowest BCUT2D eigenvalue weighted by molar-refractivity contribution is 0.0488. The first-order valence-electron chi connectivity index (χ1n) is 9.03. The summed E-state index contributed by atoms with van der Waals surface area (Å²) in [6.07, 6.45) is 11.0. The standard InChI is InChI=1S/C18H28N4/c1-2-4-16(5-3-1)20-10-12-21(13-11-20)18-14-22(15-18)17-6-8-19-9-7-17/h6-9,16,18H,1-5,10-15H2. The van der Waals surface area contributed by atoms with Crippen molar-refractivity contribution in [3.63, 3.8) is 0 Å². The van der Waals surface area contributed by atoms with Crippen molar-refractivity contribution in [2.75, 3.05) is 44.2 Å². The van der Waals surface area contributed by atoms with Crippen LogP contribution in [0.5, 0.6) is 0 Å². The largest absolute Gasteiger partial charge is 0.368 e. The Balaban J connectivity index is 1.23. The average Bonchev–Trinajstić information content (AvgIpc) is 2.56. The lowest BCUT2D eigenvalue weighted by atomic mass is 9.93. The van der Waals surface area contributed by atoms with E-state index in [1.807, 2.05) is 12.4 Å². The normalized spacial score (nSPS) is 26.1. The first-order chi connectivity index (χ1) is 10.9. The molecule has 4 nitrogen and oxygen atoms in total. The molecule has 0 bridgehead atoms. The van der Waals surface area contributed by atoms with Crippen molar-refractivity contribution in [3.05, 3.63) is 24.5 Å². The van der Waals surface area contributed by atoms with E-state index in [2.05, 4.69) is 31.8 Å². The molecule has 1 saturated carbocycles. The van der Waals surface area contributed by atoms with E-state index >= 15 is 0 Å². The molecule has 2 aliphatic heterocycles. The van der Waals surface area contributed by atoms with E-state index < -0.39 is 0 Å². The lowest BCUT2D eigenvalue weighted by Crippen LogP contribution is -2.64. The van der Waals surface area contributed by atoms with Crippen LogP contribution in [0, 0.1) is 0 Å². The van der Waals surface area contributed by atoms with E-state index in [1.54, 1.807) is 0 Å². The Labute approximate surface area is 134 Å². The Kier molecular flexibility index (Phi) is 4.30. The molecular formula is C18H28N4. The number of aromatic nitrogens is 1. The summed E-state index contributed by atoms with van der Waals surface area (Å²) in [6.45, 7) is 7.49. The van der Waals surface area contributed by atoms with Crippen molar-refractivity contribution in [2.24, 2.45) is 0 Å². The Hall–Kier alpha value is -1.13. The summed E-state index contributed by atoms with van der Waals surface area (Å²) in [6, 6.07) is 5.90. The molecule has 2 saturated heterocycles. The second-order valence-corrected chi connectivity index (χ2v) is 7.13. The summed E-state index contributed by atoms with van der Waals surface area (Å²) in [5.74, 6) is 0. The van der Waals surface area contributed by atoms with Gasteiger partial charge in [0.15, 0.2) is 0 Å². The molecule has 120 valence electrons. The van der Waals surface area contributed by atoms with Gasteiger partial charge in [-0.2, -0.15) is 0 Å². The van der Waals surface area contributed by atoms with Gasteiger partial charge in [-0.25, -0.2) is 0 Å². The number of piperazine rings is 1. The van der Waals surface area contributed by atoms with Gasteiger partial charge in [0.05, 0.1) is 0 Å². The minimum atomic E-state index is 0.765. The summed E-state index contributed by atoms with van der Waals surface area (Å²) in [5, 5.41) is 0. The van der Waals surface area contributed by atoms with E-state index in [9.17, 15) is 0 Å². The van der Waals surface area contributed by atoms with Crippen LogP contribution >= 0.6 is 0 Å². The van der Waals surface area contributed by atoms with E-state index in [0.29, 0.717) is 0 Å². The minimum absolute atomic E-state index is 0.765. The Morgan fingerprint density at radius 2 is 1.36 bits per heavy atom. The van der Waals surface area contributed by atoms with Gasteiger partial charge in [-0.1, -0.05) is 19.3 Å². The van der Waals surface area contributed by atoms with Crippen LogP contribution in [0.15, 0.2) is 24.5 Å². The van der Waals surface area contributed by atoms with E-state index in [0.717, 1.165) is 12.1 Å². The van der Waals surface area contributed by atoms with Crippen LogP contribution in [-0.2, 0) is 0 Å². The van der Waals surface area contributed by atoms with Gasteiger partial charge in [-0.3, -0.25) is 14.8 Å². The van der Waals surface area contributed by atoms with Gasteiger partial charge in [0, 0.05) is 69.4 Å². The predicted octanol–water partition coefficient (Wildman–Crippen LogP) is 2.22. The zero-order valence-electron chi connectivity index (χ0n) is 13.5. The fourth-order valence-corrected chi connectivity index (χ4v) is 4.37. The highest BCUT2D eigenvalue weighted by Crippen LogP contribution is 2.26. The van der Waals surface area contributed by atoms with E-state index in [4.69, 9.17) is 0 Å². The molecule has 3 aliphatic rings. The number of hydrogen-bond donors (Lipinski definition) is 0. The zero-order valence-corrected chi connectivity index (χ0v) is 13.5. The molecule has 1 aliphatic carbocycles. The molecule has 3 fully saturated rings. The lowest BCUT2D eigenvalue weighted by Gasteiger charge is -2.50. The van der Waals surface area contributed by atoms with Crippen LogP contribution in [0.3, 0.4) is 0 Å². The van der Waals surface area contributed by atoms with Crippen LogP contribution in [0.4, 0.5) is 5.69 Å². The van der Waals surface area contributed by atoms with Crippen molar-refractivity contribution >= 4 is 5.69 Å². The number of nitrogens with zero attached hydrogens (tertiary/aromatic N) is 4. The molecule has 4 heteroatoms. The second kappa shape index (κ2) is 6.55. The van der Waals surface area contributed by atoms with Crippen LogP contribution < -0.4 is 4.90 Å². The third kappa shape index (κ3) is 2.99.